The molecule has 1 aromatic rings. The molecule has 0 aliphatic carbocycles. The molecule has 0 saturated carbocycles. The Labute approximate surface area is 120 Å². The number of nitro groups is 1. The number of sulfonamides is 1. The first-order valence-electron chi connectivity index (χ1n) is 5.91. The number of nitrogens with one attached hydrogen (secondary N) is 1. The second-order valence-corrected chi connectivity index (χ2v) is 6.05. The number of rotatable bonds is 7. The fraction of sp³-hybridized carbons (Fsp3) is 0.455. The van der Waals surface area contributed by atoms with Crippen LogP contribution in [-0.4, -0.2) is 42.3 Å². The molecule has 0 fully saturated rings. The van der Waals surface area contributed by atoms with Crippen molar-refractivity contribution in [2.24, 2.45) is 0 Å². The molecule has 0 spiro atoms. The van der Waals surface area contributed by atoms with Crippen molar-refractivity contribution in [1.82, 2.24) is 4.72 Å². The molecule has 0 amide bonds. The minimum absolute atomic E-state index is 0.0301. The molecule has 10 heteroatoms. The Bertz CT molecular complexity index is 621. The molecule has 8 nitrogen and oxygen atoms in total. The SMILES string of the molecule is CCC(CO)(CO)NS(=O)(=O)c1cccc(F)c1[N+](=O)[O-]. The van der Waals surface area contributed by atoms with Gasteiger partial charge in [-0.15, -0.1) is 0 Å². The van der Waals surface area contributed by atoms with Gasteiger partial charge in [-0.05, 0) is 18.6 Å². The molecule has 0 saturated heterocycles. The molecule has 0 aliphatic rings. The van der Waals surface area contributed by atoms with Crippen LogP contribution in [0, 0.1) is 15.9 Å². The second-order valence-electron chi connectivity index (χ2n) is 4.40. The Morgan fingerprint density at radius 2 is 1.95 bits per heavy atom. The average molecular weight is 322 g/mol. The lowest BCUT2D eigenvalue weighted by Crippen LogP contribution is -2.53. The minimum atomic E-state index is -4.50. The van der Waals surface area contributed by atoms with Gasteiger partial charge in [0.2, 0.25) is 15.8 Å². The predicted molar refractivity (Wildman–Crippen MR) is 70.6 cm³/mol. The van der Waals surface area contributed by atoms with Crippen LogP contribution in [0.4, 0.5) is 10.1 Å². The summed E-state index contributed by atoms with van der Waals surface area (Å²) in [5.41, 5.74) is -2.77. The maximum atomic E-state index is 13.5. The van der Waals surface area contributed by atoms with E-state index in [0.29, 0.717) is 0 Å². The smallest absolute Gasteiger partial charge is 0.324 e. The van der Waals surface area contributed by atoms with Gasteiger partial charge in [-0.1, -0.05) is 13.0 Å². The summed E-state index contributed by atoms with van der Waals surface area (Å²) in [6.45, 7) is 0.0691. The largest absolute Gasteiger partial charge is 0.394 e. The van der Waals surface area contributed by atoms with Gasteiger partial charge in [0, 0.05) is 0 Å². The molecular weight excluding hydrogens is 307 g/mol. The number of para-hydroxylation sites is 1. The molecular formula is C11H15FN2O6S. The number of hydrogen-bond donors (Lipinski definition) is 3. The van der Waals surface area contributed by atoms with Crippen molar-refractivity contribution in [2.75, 3.05) is 13.2 Å². The summed E-state index contributed by atoms with van der Waals surface area (Å²) in [5.74, 6) is -1.29. The fourth-order valence-corrected chi connectivity index (χ4v) is 3.28. The molecule has 0 aromatic heterocycles. The van der Waals surface area contributed by atoms with Crippen molar-refractivity contribution in [1.29, 1.82) is 0 Å². The normalized spacial score (nSPS) is 12.4. The van der Waals surface area contributed by atoms with E-state index in [1.165, 1.54) is 6.92 Å². The van der Waals surface area contributed by atoms with Gasteiger partial charge in [-0.2, -0.15) is 4.39 Å². The Morgan fingerprint density at radius 3 is 2.38 bits per heavy atom. The van der Waals surface area contributed by atoms with Crippen LogP contribution in [-0.2, 0) is 10.0 Å². The second kappa shape index (κ2) is 6.43. The standard InChI is InChI=1S/C11H15FN2O6S/c1-2-11(6-15,7-16)13-21(19,20)9-5-3-4-8(12)10(9)14(17)18/h3-5,13,15-16H,2,6-7H2,1H3. The summed E-state index contributed by atoms with van der Waals surface area (Å²) < 4.78 is 39.9. The van der Waals surface area contributed by atoms with Crippen LogP contribution in [0.5, 0.6) is 0 Å². The quantitative estimate of drug-likeness (QED) is 0.484. The zero-order valence-electron chi connectivity index (χ0n) is 11.1. The number of benzene rings is 1. The Hall–Kier alpha value is -1.62. The molecule has 1 rings (SSSR count). The van der Waals surface area contributed by atoms with Crippen molar-refractivity contribution in [3.05, 3.63) is 34.1 Å². The van der Waals surface area contributed by atoms with Crippen LogP contribution >= 0.6 is 0 Å². The van der Waals surface area contributed by atoms with Gasteiger partial charge in [0.25, 0.3) is 0 Å². The Morgan fingerprint density at radius 1 is 1.38 bits per heavy atom. The lowest BCUT2D eigenvalue weighted by atomic mass is 10.0. The van der Waals surface area contributed by atoms with Gasteiger partial charge in [-0.25, -0.2) is 13.1 Å². The average Bonchev–Trinajstić information content (AvgIpc) is 2.44. The van der Waals surface area contributed by atoms with Gasteiger partial charge < -0.3 is 10.2 Å². The molecule has 0 heterocycles. The summed E-state index contributed by atoms with van der Waals surface area (Å²) in [4.78, 5) is 8.83. The summed E-state index contributed by atoms with van der Waals surface area (Å²) >= 11 is 0. The molecule has 1 aromatic carbocycles. The van der Waals surface area contributed by atoms with Crippen LogP contribution in [0.3, 0.4) is 0 Å². The summed E-state index contributed by atoms with van der Waals surface area (Å²) in [6, 6.07) is 2.66. The van der Waals surface area contributed by atoms with Crippen molar-refractivity contribution in [3.8, 4) is 0 Å². The number of aliphatic hydroxyl groups is 2. The Kier molecular flexibility index (Phi) is 5.34. The third-order valence-corrected chi connectivity index (χ3v) is 4.67. The van der Waals surface area contributed by atoms with E-state index in [-0.39, 0.29) is 6.42 Å². The number of hydrogen-bond acceptors (Lipinski definition) is 6. The van der Waals surface area contributed by atoms with Gasteiger partial charge in [0.05, 0.1) is 23.7 Å². The number of nitro benzene ring substituents is 1. The molecule has 0 radical (unpaired) electrons. The maximum Gasteiger partial charge on any atom is 0.324 e. The molecule has 3 N–H and O–H groups in total. The van der Waals surface area contributed by atoms with E-state index in [2.05, 4.69) is 0 Å². The van der Waals surface area contributed by atoms with E-state index >= 15 is 0 Å². The van der Waals surface area contributed by atoms with Crippen LogP contribution in [0.2, 0.25) is 0 Å². The number of aliphatic hydroxyl groups excluding tert-OH is 2. The lowest BCUT2D eigenvalue weighted by Gasteiger charge is -2.29. The van der Waals surface area contributed by atoms with Gasteiger partial charge in [0.15, 0.2) is 4.90 Å². The van der Waals surface area contributed by atoms with E-state index in [1.54, 1.807) is 0 Å². The highest BCUT2D eigenvalue weighted by molar-refractivity contribution is 7.89. The lowest BCUT2D eigenvalue weighted by molar-refractivity contribution is -0.390. The number of halogens is 1. The molecule has 0 atom stereocenters. The van der Waals surface area contributed by atoms with Crippen LogP contribution in [0.25, 0.3) is 0 Å². The van der Waals surface area contributed by atoms with Crippen LogP contribution < -0.4 is 4.72 Å². The summed E-state index contributed by atoms with van der Waals surface area (Å²) in [5, 5.41) is 29.3. The highest BCUT2D eigenvalue weighted by Crippen LogP contribution is 2.27. The monoisotopic (exact) mass is 322 g/mol. The first-order valence-corrected chi connectivity index (χ1v) is 7.40. The van der Waals surface area contributed by atoms with Crippen molar-refractivity contribution >= 4 is 15.7 Å². The maximum absolute atomic E-state index is 13.5. The third-order valence-electron chi connectivity index (χ3n) is 3.05. The predicted octanol–water partition coefficient (Wildman–Crippen LogP) is 0.146. The fourth-order valence-electron chi connectivity index (χ4n) is 1.64. The van der Waals surface area contributed by atoms with Crippen LogP contribution in [0.1, 0.15) is 13.3 Å². The minimum Gasteiger partial charge on any atom is -0.394 e. The van der Waals surface area contributed by atoms with E-state index in [9.17, 15) is 33.1 Å². The van der Waals surface area contributed by atoms with Gasteiger partial charge >= 0.3 is 5.69 Å². The van der Waals surface area contributed by atoms with Crippen molar-refractivity contribution in [3.63, 3.8) is 0 Å². The van der Waals surface area contributed by atoms with Gasteiger partial charge in [0.1, 0.15) is 0 Å². The van der Waals surface area contributed by atoms with E-state index in [1.807, 2.05) is 4.72 Å². The highest BCUT2D eigenvalue weighted by atomic mass is 32.2. The van der Waals surface area contributed by atoms with E-state index < -0.39 is 50.1 Å². The zero-order valence-corrected chi connectivity index (χ0v) is 11.9. The first kappa shape index (κ1) is 17.4. The molecule has 0 unspecified atom stereocenters. The van der Waals surface area contributed by atoms with E-state index in [0.717, 1.165) is 18.2 Å². The zero-order chi connectivity index (χ0) is 16.3. The summed E-state index contributed by atoms with van der Waals surface area (Å²) in [7, 11) is -4.50. The highest BCUT2D eigenvalue weighted by Gasteiger charge is 2.37. The molecule has 0 bridgehead atoms. The first-order chi connectivity index (χ1) is 9.73. The van der Waals surface area contributed by atoms with Crippen molar-refractivity contribution < 1.29 is 27.9 Å². The number of nitrogens with zero attached hydrogens (tertiary/aromatic N) is 1. The van der Waals surface area contributed by atoms with Crippen LogP contribution in [0.15, 0.2) is 23.1 Å². The Balaban J connectivity index is 3.39. The third kappa shape index (κ3) is 3.53. The van der Waals surface area contributed by atoms with Gasteiger partial charge in [-0.3, -0.25) is 10.1 Å². The topological polar surface area (TPSA) is 130 Å². The van der Waals surface area contributed by atoms with E-state index in [4.69, 9.17) is 0 Å². The van der Waals surface area contributed by atoms with Crippen molar-refractivity contribution in [2.45, 2.75) is 23.8 Å². The molecule has 0 aliphatic heterocycles. The molecule has 21 heavy (non-hydrogen) atoms. The summed E-state index contributed by atoms with van der Waals surface area (Å²) in [6.07, 6.45) is 0.0301. The molecule has 118 valence electrons.